The minimum atomic E-state index is -0.0591. The average molecular weight is 299 g/mol. The smallest absolute Gasteiger partial charge is 0.225 e. The van der Waals surface area contributed by atoms with Gasteiger partial charge in [0.1, 0.15) is 0 Å². The summed E-state index contributed by atoms with van der Waals surface area (Å²) in [5.41, 5.74) is 0.700. The molecule has 1 aromatic rings. The first-order valence-electron chi connectivity index (χ1n) is 6.84. The molecular formula is C15H23ClN2O2. The van der Waals surface area contributed by atoms with Crippen LogP contribution in [0.3, 0.4) is 0 Å². The van der Waals surface area contributed by atoms with Gasteiger partial charge < -0.3 is 15.7 Å². The normalized spacial score (nSPS) is 15.4. The number of aliphatic hydroxyl groups is 1. The Hall–Kier alpha value is -1.10. The number of anilines is 1. The van der Waals surface area contributed by atoms with E-state index in [9.17, 15) is 4.79 Å². The van der Waals surface area contributed by atoms with Crippen LogP contribution in [0, 0.1) is 5.92 Å². The fraction of sp³-hybridized carbons (Fsp3) is 0.533. The van der Waals surface area contributed by atoms with Crippen molar-refractivity contribution in [1.82, 2.24) is 5.32 Å². The quantitative estimate of drug-likeness (QED) is 0.725. The predicted octanol–water partition coefficient (Wildman–Crippen LogP) is 2.66. The molecule has 0 saturated carbocycles. The van der Waals surface area contributed by atoms with Crippen LogP contribution in [0.25, 0.3) is 0 Å². The minimum absolute atomic E-state index is 0.0400. The van der Waals surface area contributed by atoms with E-state index < -0.39 is 0 Å². The lowest BCUT2D eigenvalue weighted by molar-refractivity contribution is -0.116. The lowest BCUT2D eigenvalue weighted by atomic mass is 10.0. The maximum Gasteiger partial charge on any atom is 0.225 e. The van der Waals surface area contributed by atoms with E-state index in [0.717, 1.165) is 0 Å². The molecule has 0 bridgehead atoms. The molecule has 0 aromatic heterocycles. The molecule has 0 radical (unpaired) electrons. The van der Waals surface area contributed by atoms with Gasteiger partial charge in [-0.1, -0.05) is 24.6 Å². The number of hydrogen-bond donors (Lipinski definition) is 3. The Morgan fingerprint density at radius 2 is 2.05 bits per heavy atom. The molecule has 0 aliphatic rings. The number of nitrogens with one attached hydrogen (secondary N) is 2. The predicted molar refractivity (Wildman–Crippen MR) is 83.0 cm³/mol. The molecule has 1 amide bonds. The highest BCUT2D eigenvalue weighted by Gasteiger charge is 2.16. The number of aliphatic hydroxyl groups excluding tert-OH is 1. The number of amides is 1. The molecule has 0 fully saturated rings. The monoisotopic (exact) mass is 298 g/mol. The van der Waals surface area contributed by atoms with Gasteiger partial charge in [0.25, 0.3) is 0 Å². The van der Waals surface area contributed by atoms with Crippen molar-refractivity contribution in [1.29, 1.82) is 0 Å². The van der Waals surface area contributed by atoms with E-state index in [-0.39, 0.29) is 30.5 Å². The van der Waals surface area contributed by atoms with Gasteiger partial charge in [0.2, 0.25) is 5.91 Å². The Morgan fingerprint density at radius 3 is 2.65 bits per heavy atom. The van der Waals surface area contributed by atoms with Gasteiger partial charge in [-0.2, -0.15) is 0 Å². The molecule has 4 nitrogen and oxygen atoms in total. The number of carbonyl (C=O) groups is 1. The van der Waals surface area contributed by atoms with E-state index in [1.165, 1.54) is 0 Å². The molecule has 0 spiro atoms. The molecule has 1 aromatic carbocycles. The molecule has 20 heavy (non-hydrogen) atoms. The van der Waals surface area contributed by atoms with Crippen LogP contribution in [0.1, 0.15) is 27.2 Å². The van der Waals surface area contributed by atoms with Gasteiger partial charge in [-0.05, 0) is 38.0 Å². The van der Waals surface area contributed by atoms with Gasteiger partial charge in [-0.15, -0.1) is 0 Å². The van der Waals surface area contributed by atoms with Crippen LogP contribution in [0.4, 0.5) is 5.69 Å². The second-order valence-corrected chi connectivity index (χ2v) is 5.72. The summed E-state index contributed by atoms with van der Waals surface area (Å²) in [5, 5.41) is 15.8. The third-order valence-electron chi connectivity index (χ3n) is 3.29. The van der Waals surface area contributed by atoms with E-state index in [4.69, 9.17) is 16.7 Å². The van der Waals surface area contributed by atoms with Crippen molar-refractivity contribution < 1.29 is 9.90 Å². The number of hydrogen-bond acceptors (Lipinski definition) is 3. The van der Waals surface area contributed by atoms with E-state index in [2.05, 4.69) is 10.6 Å². The van der Waals surface area contributed by atoms with Crippen LogP contribution in [0.5, 0.6) is 0 Å². The Morgan fingerprint density at radius 1 is 1.35 bits per heavy atom. The van der Waals surface area contributed by atoms with Crippen LogP contribution >= 0.6 is 11.6 Å². The van der Waals surface area contributed by atoms with Crippen molar-refractivity contribution in [2.45, 2.75) is 39.3 Å². The van der Waals surface area contributed by atoms with Crippen LogP contribution in [0.2, 0.25) is 5.02 Å². The van der Waals surface area contributed by atoms with Crippen molar-refractivity contribution in [3.05, 3.63) is 29.3 Å². The van der Waals surface area contributed by atoms with Gasteiger partial charge in [0.05, 0.1) is 0 Å². The van der Waals surface area contributed by atoms with Crippen LogP contribution in [-0.4, -0.2) is 29.7 Å². The molecule has 3 unspecified atom stereocenters. The summed E-state index contributed by atoms with van der Waals surface area (Å²) >= 11 is 5.87. The van der Waals surface area contributed by atoms with Crippen LogP contribution < -0.4 is 10.6 Å². The lowest BCUT2D eigenvalue weighted by Crippen LogP contribution is -2.41. The van der Waals surface area contributed by atoms with Gasteiger partial charge in [0.15, 0.2) is 0 Å². The van der Waals surface area contributed by atoms with Gasteiger partial charge in [-0.3, -0.25) is 4.79 Å². The summed E-state index contributed by atoms with van der Waals surface area (Å²) in [4.78, 5) is 11.9. The minimum Gasteiger partial charge on any atom is -0.396 e. The van der Waals surface area contributed by atoms with Crippen LogP contribution in [-0.2, 0) is 4.79 Å². The van der Waals surface area contributed by atoms with Crippen molar-refractivity contribution in [3.63, 3.8) is 0 Å². The van der Waals surface area contributed by atoms with Gasteiger partial charge >= 0.3 is 0 Å². The molecular weight excluding hydrogens is 276 g/mol. The first-order valence-corrected chi connectivity index (χ1v) is 7.22. The zero-order chi connectivity index (χ0) is 15.1. The SMILES string of the molecule is CC(CC(=O)Nc1cccc(Cl)c1)NC(C)C(C)CO. The summed E-state index contributed by atoms with van der Waals surface area (Å²) in [6.45, 7) is 6.07. The van der Waals surface area contributed by atoms with E-state index >= 15 is 0 Å². The van der Waals surface area contributed by atoms with Crippen LogP contribution in [0.15, 0.2) is 24.3 Å². The highest BCUT2D eigenvalue weighted by Crippen LogP contribution is 2.15. The summed E-state index contributed by atoms with van der Waals surface area (Å²) in [6.07, 6.45) is 0.370. The molecule has 0 saturated heterocycles. The molecule has 112 valence electrons. The lowest BCUT2D eigenvalue weighted by Gasteiger charge is -2.23. The van der Waals surface area contributed by atoms with Crippen molar-refractivity contribution in [3.8, 4) is 0 Å². The Labute approximate surface area is 125 Å². The third kappa shape index (κ3) is 5.90. The highest BCUT2D eigenvalue weighted by atomic mass is 35.5. The first-order chi connectivity index (χ1) is 9.42. The van der Waals surface area contributed by atoms with Gasteiger partial charge in [-0.25, -0.2) is 0 Å². The summed E-state index contributed by atoms with van der Waals surface area (Å²) in [6, 6.07) is 7.28. The zero-order valence-corrected chi connectivity index (χ0v) is 12.9. The molecule has 3 N–H and O–H groups in total. The van der Waals surface area contributed by atoms with Crippen molar-refractivity contribution >= 4 is 23.2 Å². The highest BCUT2D eigenvalue weighted by molar-refractivity contribution is 6.30. The maximum atomic E-state index is 11.9. The molecule has 0 aliphatic heterocycles. The zero-order valence-electron chi connectivity index (χ0n) is 12.2. The molecule has 1 rings (SSSR count). The van der Waals surface area contributed by atoms with E-state index in [1.807, 2.05) is 20.8 Å². The molecule has 0 aliphatic carbocycles. The molecule has 0 heterocycles. The second-order valence-electron chi connectivity index (χ2n) is 5.28. The second kappa shape index (κ2) is 8.25. The largest absolute Gasteiger partial charge is 0.396 e. The maximum absolute atomic E-state index is 11.9. The number of halogens is 1. The summed E-state index contributed by atoms with van der Waals surface area (Å²) < 4.78 is 0. The Kier molecular flexibility index (Phi) is 6.99. The average Bonchev–Trinajstić information content (AvgIpc) is 2.37. The Balaban J connectivity index is 2.42. The molecule has 3 atom stereocenters. The van der Waals surface area contributed by atoms with Crippen molar-refractivity contribution in [2.24, 2.45) is 5.92 Å². The van der Waals surface area contributed by atoms with E-state index in [1.54, 1.807) is 24.3 Å². The fourth-order valence-electron chi connectivity index (χ4n) is 1.89. The van der Waals surface area contributed by atoms with Gasteiger partial charge in [0, 0.05) is 35.8 Å². The number of carbonyl (C=O) groups excluding carboxylic acids is 1. The summed E-state index contributed by atoms with van der Waals surface area (Å²) in [5.74, 6) is 0.101. The number of rotatable bonds is 7. The van der Waals surface area contributed by atoms with E-state index in [0.29, 0.717) is 17.1 Å². The summed E-state index contributed by atoms with van der Waals surface area (Å²) in [7, 11) is 0. The third-order valence-corrected chi connectivity index (χ3v) is 3.52. The Bertz CT molecular complexity index is 440. The topological polar surface area (TPSA) is 61.4 Å². The standard InChI is InChI=1S/C15H23ClN2O2/c1-10(9-19)12(3)17-11(2)7-15(20)18-14-6-4-5-13(16)8-14/h4-6,8,10-12,17,19H,7,9H2,1-3H3,(H,18,20). The first kappa shape index (κ1) is 17.0. The number of benzene rings is 1. The molecule has 5 heteroatoms. The fourth-order valence-corrected chi connectivity index (χ4v) is 2.08. The van der Waals surface area contributed by atoms with Crippen molar-refractivity contribution in [2.75, 3.05) is 11.9 Å².